The van der Waals surface area contributed by atoms with E-state index in [2.05, 4.69) is 16.4 Å². The van der Waals surface area contributed by atoms with Gasteiger partial charge in [-0.3, -0.25) is 4.55 Å². The number of aliphatic hydroxyl groups is 2. The normalized spacial score (nSPS) is 11.1. The molecule has 7 nitrogen and oxygen atoms in total. The third-order valence-corrected chi connectivity index (χ3v) is 3.27. The van der Waals surface area contributed by atoms with E-state index in [4.69, 9.17) is 14.8 Å². The van der Waals surface area contributed by atoms with Gasteiger partial charge in [-0.25, -0.2) is 4.18 Å². The van der Waals surface area contributed by atoms with Gasteiger partial charge >= 0.3 is 10.4 Å². The van der Waals surface area contributed by atoms with Gasteiger partial charge in [0.15, 0.2) is 0 Å². The summed E-state index contributed by atoms with van der Waals surface area (Å²) in [6.07, 6.45) is 9.05. The van der Waals surface area contributed by atoms with Crippen LogP contribution in [0, 0.1) is 0 Å². The van der Waals surface area contributed by atoms with Crippen molar-refractivity contribution in [2.24, 2.45) is 0 Å². The number of hydrogen-bond acceptors (Lipinski definition) is 6. The number of hydrogen-bond donors (Lipinski definition) is 4. The van der Waals surface area contributed by atoms with Crippen LogP contribution >= 0.6 is 0 Å². The zero-order valence-corrected chi connectivity index (χ0v) is 14.5. The molecule has 4 N–H and O–H groups in total. The van der Waals surface area contributed by atoms with Crippen LogP contribution < -0.4 is 5.32 Å². The molecule has 136 valence electrons. The Kier molecular flexibility index (Phi) is 20.5. The molecule has 0 radical (unpaired) electrons. The number of nitrogens with one attached hydrogen (secondary N) is 1. The van der Waals surface area contributed by atoms with Gasteiger partial charge in [-0.1, -0.05) is 51.9 Å². The average Bonchev–Trinajstić information content (AvgIpc) is 2.46. The first kappa shape index (κ1) is 24.0. The van der Waals surface area contributed by atoms with Gasteiger partial charge in [0.05, 0.1) is 19.8 Å². The van der Waals surface area contributed by atoms with Gasteiger partial charge in [0.25, 0.3) is 0 Å². The Morgan fingerprint density at radius 2 is 1.32 bits per heavy atom. The largest absolute Gasteiger partial charge is 0.397 e. The summed E-state index contributed by atoms with van der Waals surface area (Å²) >= 11 is 0. The Hall–Kier alpha value is -0.250. The van der Waals surface area contributed by atoms with Crippen LogP contribution in [0.1, 0.15) is 58.3 Å². The fraction of sp³-hybridized carbons (Fsp3) is 1.00. The maximum absolute atomic E-state index is 10.2. The quantitative estimate of drug-likeness (QED) is 0.279. The predicted octanol–water partition coefficient (Wildman–Crippen LogP) is 1.51. The molecule has 0 saturated carbocycles. The fourth-order valence-corrected chi connectivity index (χ4v) is 2.01. The van der Waals surface area contributed by atoms with Crippen molar-refractivity contribution in [2.45, 2.75) is 58.3 Å². The molecule has 22 heavy (non-hydrogen) atoms. The van der Waals surface area contributed by atoms with Gasteiger partial charge in [-0.05, 0) is 6.42 Å². The summed E-state index contributed by atoms with van der Waals surface area (Å²) < 4.78 is 32.8. The molecule has 0 atom stereocenters. The maximum atomic E-state index is 10.2. The third kappa shape index (κ3) is 28.0. The molecule has 0 saturated heterocycles. The van der Waals surface area contributed by atoms with E-state index in [1.807, 2.05) is 0 Å². The maximum Gasteiger partial charge on any atom is 0.397 e. The molecule has 0 bridgehead atoms. The van der Waals surface area contributed by atoms with E-state index in [1.54, 1.807) is 0 Å². The lowest BCUT2D eigenvalue weighted by atomic mass is 10.1. The third-order valence-electron chi connectivity index (χ3n) is 2.81. The molecule has 0 unspecified atom stereocenters. The summed E-state index contributed by atoms with van der Waals surface area (Å²) in [5.74, 6) is 0. The highest BCUT2D eigenvalue weighted by Gasteiger charge is 2.02. The minimum atomic E-state index is -4.23. The van der Waals surface area contributed by atoms with E-state index in [0.717, 1.165) is 12.8 Å². The lowest BCUT2D eigenvalue weighted by molar-refractivity contribution is 0.261. The highest BCUT2D eigenvalue weighted by atomic mass is 32.3. The van der Waals surface area contributed by atoms with Gasteiger partial charge < -0.3 is 15.5 Å². The van der Waals surface area contributed by atoms with Gasteiger partial charge in [-0.15, -0.1) is 0 Å². The molecule has 0 amide bonds. The summed E-state index contributed by atoms with van der Waals surface area (Å²) in [5, 5.41) is 19.1. The lowest BCUT2D eigenvalue weighted by Gasteiger charge is -2.01. The Morgan fingerprint density at radius 3 is 1.73 bits per heavy atom. The number of rotatable bonds is 14. The molecule has 0 heterocycles. The first-order chi connectivity index (χ1) is 10.5. The van der Waals surface area contributed by atoms with E-state index < -0.39 is 10.4 Å². The summed E-state index contributed by atoms with van der Waals surface area (Å²) in [6, 6.07) is 0. The molecule has 0 fully saturated rings. The molecular weight excluding hydrogens is 310 g/mol. The molecule has 0 rings (SSSR count). The van der Waals surface area contributed by atoms with Crippen LogP contribution in [0.2, 0.25) is 0 Å². The second-order valence-corrected chi connectivity index (χ2v) is 6.01. The smallest absolute Gasteiger partial charge is 0.395 e. The topological polar surface area (TPSA) is 116 Å². The van der Waals surface area contributed by atoms with Crippen molar-refractivity contribution in [3.8, 4) is 0 Å². The zero-order chi connectivity index (χ0) is 17.1. The molecule has 0 aromatic carbocycles. The summed E-state index contributed by atoms with van der Waals surface area (Å²) in [4.78, 5) is 0. The van der Waals surface area contributed by atoms with Crippen LogP contribution in [0.5, 0.6) is 0 Å². The van der Waals surface area contributed by atoms with E-state index in [1.165, 1.54) is 32.1 Å². The summed E-state index contributed by atoms with van der Waals surface area (Å²) in [6.45, 7) is 3.70. The van der Waals surface area contributed by atoms with E-state index in [0.29, 0.717) is 19.5 Å². The lowest BCUT2D eigenvalue weighted by Crippen LogP contribution is -2.21. The van der Waals surface area contributed by atoms with Crippen LogP contribution in [-0.4, -0.2) is 56.1 Å². The highest BCUT2D eigenvalue weighted by molar-refractivity contribution is 7.80. The molecule has 0 aromatic rings. The SMILES string of the molecule is CCCCCCCCCCOS(=O)(=O)O.OCCNCCO. The van der Waals surface area contributed by atoms with Crippen molar-refractivity contribution in [1.82, 2.24) is 5.32 Å². The summed E-state index contributed by atoms with van der Waals surface area (Å²) in [7, 11) is -4.23. The monoisotopic (exact) mass is 343 g/mol. The highest BCUT2D eigenvalue weighted by Crippen LogP contribution is 2.08. The van der Waals surface area contributed by atoms with Crippen LogP contribution in [0.4, 0.5) is 0 Å². The van der Waals surface area contributed by atoms with E-state index in [9.17, 15) is 8.42 Å². The Balaban J connectivity index is 0. The van der Waals surface area contributed by atoms with Crippen LogP contribution in [-0.2, 0) is 14.6 Å². The molecule has 0 aliphatic rings. The number of aliphatic hydroxyl groups excluding tert-OH is 2. The van der Waals surface area contributed by atoms with Crippen LogP contribution in [0.3, 0.4) is 0 Å². The first-order valence-electron chi connectivity index (χ1n) is 8.02. The molecule has 0 aliphatic carbocycles. The molecular formula is C14H33NO6S. The summed E-state index contributed by atoms with van der Waals surface area (Å²) in [5.41, 5.74) is 0. The van der Waals surface area contributed by atoms with Crippen molar-refractivity contribution in [3.63, 3.8) is 0 Å². The molecule has 0 aliphatic heterocycles. The van der Waals surface area contributed by atoms with Crippen molar-refractivity contribution in [1.29, 1.82) is 0 Å². The zero-order valence-electron chi connectivity index (χ0n) is 13.7. The fourth-order valence-electron chi connectivity index (χ4n) is 1.68. The second-order valence-electron chi connectivity index (χ2n) is 4.92. The van der Waals surface area contributed by atoms with Gasteiger partial charge in [0.2, 0.25) is 0 Å². The predicted molar refractivity (Wildman–Crippen MR) is 87.2 cm³/mol. The van der Waals surface area contributed by atoms with Crippen molar-refractivity contribution >= 4 is 10.4 Å². The standard InChI is InChI=1S/C10H22O4S.C4H11NO2/c1-2-3-4-5-6-7-8-9-10-14-15(11,12)13;6-3-1-5-2-4-7/h2-10H2,1H3,(H,11,12,13);5-7H,1-4H2. The minimum absolute atomic E-state index is 0.0911. The molecule has 0 spiro atoms. The van der Waals surface area contributed by atoms with Crippen molar-refractivity contribution in [2.75, 3.05) is 32.9 Å². The van der Waals surface area contributed by atoms with Gasteiger partial charge in [-0.2, -0.15) is 8.42 Å². The Labute approximate surface area is 135 Å². The van der Waals surface area contributed by atoms with E-state index in [-0.39, 0.29) is 19.8 Å². The van der Waals surface area contributed by atoms with Crippen molar-refractivity contribution < 1.29 is 27.4 Å². The van der Waals surface area contributed by atoms with Crippen LogP contribution in [0.15, 0.2) is 0 Å². The molecule has 8 heteroatoms. The van der Waals surface area contributed by atoms with Crippen molar-refractivity contribution in [3.05, 3.63) is 0 Å². The van der Waals surface area contributed by atoms with E-state index >= 15 is 0 Å². The second kappa shape index (κ2) is 18.8. The first-order valence-corrected chi connectivity index (χ1v) is 9.38. The van der Waals surface area contributed by atoms with Crippen LogP contribution in [0.25, 0.3) is 0 Å². The molecule has 0 aromatic heterocycles. The minimum Gasteiger partial charge on any atom is -0.395 e. The Bertz CT molecular complexity index is 294. The number of unbranched alkanes of at least 4 members (excludes halogenated alkanes) is 7. The average molecular weight is 343 g/mol. The van der Waals surface area contributed by atoms with Gasteiger partial charge in [0, 0.05) is 13.1 Å². The van der Waals surface area contributed by atoms with Gasteiger partial charge in [0.1, 0.15) is 0 Å². The Morgan fingerprint density at radius 1 is 0.864 bits per heavy atom.